The van der Waals surface area contributed by atoms with Gasteiger partial charge in [0.15, 0.2) is 5.82 Å². The Morgan fingerprint density at radius 2 is 2.07 bits per heavy atom. The van der Waals surface area contributed by atoms with E-state index >= 15 is 0 Å². The van der Waals surface area contributed by atoms with Crippen LogP contribution in [0, 0.1) is 10.1 Å². The molecule has 0 saturated carbocycles. The van der Waals surface area contributed by atoms with Crippen LogP contribution in [0.3, 0.4) is 0 Å². The fraction of sp³-hybridized carbons (Fsp3) is 0.222. The Morgan fingerprint density at radius 1 is 1.30 bits per heavy atom. The van der Waals surface area contributed by atoms with Gasteiger partial charge in [-0.25, -0.2) is 4.98 Å². The second-order valence-corrected chi connectivity index (χ2v) is 7.17. The van der Waals surface area contributed by atoms with Crippen LogP contribution in [0.15, 0.2) is 60.2 Å². The van der Waals surface area contributed by atoms with E-state index in [0.29, 0.717) is 36.2 Å². The summed E-state index contributed by atoms with van der Waals surface area (Å²) in [5, 5.41) is 14.9. The molecule has 9 heteroatoms. The monoisotopic (exact) mass is 404 g/mol. The SMILES string of the molecule is O=C(SC/C(=C1/NCCN1Cc1ccc(Cl)nc1)[N+](=O)[O-])c1ccccc1. The Balaban J connectivity index is 1.74. The highest BCUT2D eigenvalue weighted by molar-refractivity contribution is 8.14. The summed E-state index contributed by atoms with van der Waals surface area (Å²) >= 11 is 6.73. The van der Waals surface area contributed by atoms with Crippen molar-refractivity contribution in [1.29, 1.82) is 0 Å². The number of nitro groups is 1. The van der Waals surface area contributed by atoms with Crippen LogP contribution in [0.4, 0.5) is 0 Å². The number of nitrogens with zero attached hydrogens (tertiary/aromatic N) is 3. The zero-order valence-corrected chi connectivity index (χ0v) is 15.9. The molecule has 0 aliphatic carbocycles. The minimum atomic E-state index is -0.425. The standard InChI is InChI=1S/C18H17ClN4O3S/c19-16-7-6-13(10-21-16)11-22-9-8-20-17(22)15(23(25)26)12-27-18(24)14-4-2-1-3-5-14/h1-7,10,20H,8-9,11-12H2/b17-15+. The topological polar surface area (TPSA) is 88.4 Å². The minimum absolute atomic E-state index is 0.0105. The molecule has 0 unspecified atom stereocenters. The second kappa shape index (κ2) is 8.88. The molecule has 2 aromatic rings. The van der Waals surface area contributed by atoms with Gasteiger partial charge in [-0.15, -0.1) is 0 Å². The molecule has 1 N–H and O–H groups in total. The average Bonchev–Trinajstić information content (AvgIpc) is 3.12. The summed E-state index contributed by atoms with van der Waals surface area (Å²) in [5.74, 6) is 0.432. The van der Waals surface area contributed by atoms with Gasteiger partial charge >= 0.3 is 0 Å². The summed E-state index contributed by atoms with van der Waals surface area (Å²) in [6, 6.07) is 12.3. The molecule has 1 aromatic carbocycles. The maximum absolute atomic E-state index is 12.3. The van der Waals surface area contributed by atoms with Gasteiger partial charge in [-0.2, -0.15) is 0 Å². The van der Waals surface area contributed by atoms with E-state index in [0.717, 1.165) is 17.3 Å². The third-order valence-electron chi connectivity index (χ3n) is 4.00. The number of carbonyl (C=O) groups excluding carboxylic acids is 1. The van der Waals surface area contributed by atoms with Crippen LogP contribution in [0.25, 0.3) is 0 Å². The van der Waals surface area contributed by atoms with Crippen molar-refractivity contribution in [3.63, 3.8) is 0 Å². The summed E-state index contributed by atoms with van der Waals surface area (Å²) in [5.41, 5.74) is 1.42. The molecule has 7 nitrogen and oxygen atoms in total. The highest BCUT2D eigenvalue weighted by Gasteiger charge is 2.28. The van der Waals surface area contributed by atoms with Crippen LogP contribution in [0.1, 0.15) is 15.9 Å². The number of hydrogen-bond donors (Lipinski definition) is 1. The number of benzene rings is 1. The van der Waals surface area contributed by atoms with Gasteiger partial charge in [-0.05, 0) is 11.6 Å². The third-order valence-corrected chi connectivity index (χ3v) is 5.13. The molecule has 27 heavy (non-hydrogen) atoms. The number of pyridine rings is 1. The first kappa shape index (κ1) is 19.2. The van der Waals surface area contributed by atoms with Gasteiger partial charge in [-0.1, -0.05) is 59.8 Å². The van der Waals surface area contributed by atoms with Gasteiger partial charge < -0.3 is 10.2 Å². The quantitative estimate of drug-likeness (QED) is 0.449. The van der Waals surface area contributed by atoms with Crippen LogP contribution in [0.2, 0.25) is 5.15 Å². The molecule has 1 saturated heterocycles. The lowest BCUT2D eigenvalue weighted by Gasteiger charge is -2.18. The molecule has 1 fully saturated rings. The molecule has 0 spiro atoms. The van der Waals surface area contributed by atoms with E-state index in [1.807, 2.05) is 17.0 Å². The van der Waals surface area contributed by atoms with Crippen molar-refractivity contribution >= 4 is 28.5 Å². The van der Waals surface area contributed by atoms with Crippen molar-refractivity contribution in [2.45, 2.75) is 6.54 Å². The van der Waals surface area contributed by atoms with E-state index in [-0.39, 0.29) is 16.6 Å². The van der Waals surface area contributed by atoms with Gasteiger partial charge in [0.05, 0.1) is 10.7 Å². The fourth-order valence-electron chi connectivity index (χ4n) is 2.69. The molecule has 2 heterocycles. The average molecular weight is 405 g/mol. The first-order chi connectivity index (χ1) is 13.0. The smallest absolute Gasteiger partial charge is 0.296 e. The van der Waals surface area contributed by atoms with Gasteiger partial charge in [0.1, 0.15) is 5.15 Å². The third kappa shape index (κ3) is 4.99. The lowest BCUT2D eigenvalue weighted by Crippen LogP contribution is -2.25. The van der Waals surface area contributed by atoms with E-state index in [1.165, 1.54) is 0 Å². The van der Waals surface area contributed by atoms with Crippen LogP contribution in [0.5, 0.6) is 0 Å². The molecule has 3 rings (SSSR count). The molecule has 0 amide bonds. The van der Waals surface area contributed by atoms with E-state index < -0.39 is 4.92 Å². The molecule has 0 bridgehead atoms. The lowest BCUT2D eigenvalue weighted by atomic mass is 10.2. The lowest BCUT2D eigenvalue weighted by molar-refractivity contribution is -0.425. The second-order valence-electron chi connectivity index (χ2n) is 5.83. The highest BCUT2D eigenvalue weighted by Crippen LogP contribution is 2.22. The van der Waals surface area contributed by atoms with Gasteiger partial charge in [0.2, 0.25) is 5.12 Å². The predicted octanol–water partition coefficient (Wildman–Crippen LogP) is 3.16. The Hall–Kier alpha value is -2.58. The number of halogens is 1. The summed E-state index contributed by atoms with van der Waals surface area (Å²) in [6.07, 6.45) is 1.65. The summed E-state index contributed by atoms with van der Waals surface area (Å²) in [6.45, 7) is 1.71. The molecule has 0 radical (unpaired) electrons. The van der Waals surface area contributed by atoms with E-state index in [9.17, 15) is 14.9 Å². The molecule has 1 aliphatic heterocycles. The van der Waals surface area contributed by atoms with Crippen molar-refractivity contribution in [2.24, 2.45) is 0 Å². The maximum Gasteiger partial charge on any atom is 0.296 e. The van der Waals surface area contributed by atoms with Crippen LogP contribution in [-0.2, 0) is 6.54 Å². The van der Waals surface area contributed by atoms with E-state index in [1.54, 1.807) is 36.5 Å². The Morgan fingerprint density at radius 3 is 2.74 bits per heavy atom. The highest BCUT2D eigenvalue weighted by atomic mass is 35.5. The largest absolute Gasteiger partial charge is 0.365 e. The number of hydrogen-bond acceptors (Lipinski definition) is 7. The minimum Gasteiger partial charge on any atom is -0.365 e. The van der Waals surface area contributed by atoms with Gasteiger partial charge in [0, 0.05) is 31.4 Å². The summed E-state index contributed by atoms with van der Waals surface area (Å²) in [4.78, 5) is 29.4. The normalized spacial score (nSPS) is 15.4. The van der Waals surface area contributed by atoms with Crippen LogP contribution < -0.4 is 5.32 Å². The fourth-order valence-corrected chi connectivity index (χ4v) is 3.62. The first-order valence-corrected chi connectivity index (χ1v) is 9.60. The van der Waals surface area contributed by atoms with Gasteiger partial charge in [0.25, 0.3) is 5.70 Å². The zero-order chi connectivity index (χ0) is 19.2. The molecule has 1 aliphatic rings. The Bertz CT molecular complexity index is 859. The number of nitrogens with one attached hydrogen (secondary N) is 1. The van der Waals surface area contributed by atoms with Crippen LogP contribution >= 0.6 is 23.4 Å². The van der Waals surface area contributed by atoms with E-state index in [2.05, 4.69) is 10.3 Å². The number of carbonyl (C=O) groups is 1. The van der Waals surface area contributed by atoms with Crippen molar-refractivity contribution in [3.8, 4) is 0 Å². The first-order valence-electron chi connectivity index (χ1n) is 8.23. The predicted molar refractivity (Wildman–Crippen MR) is 105 cm³/mol. The van der Waals surface area contributed by atoms with Crippen molar-refractivity contribution in [1.82, 2.24) is 15.2 Å². The maximum atomic E-state index is 12.3. The van der Waals surface area contributed by atoms with Crippen molar-refractivity contribution in [3.05, 3.63) is 86.6 Å². The number of thioether (sulfide) groups is 1. The number of rotatable bonds is 6. The number of aromatic nitrogens is 1. The summed E-state index contributed by atoms with van der Waals surface area (Å²) in [7, 11) is 0. The molecular formula is C18H17ClN4O3S. The summed E-state index contributed by atoms with van der Waals surface area (Å²) < 4.78 is 0. The molecular weight excluding hydrogens is 388 g/mol. The van der Waals surface area contributed by atoms with Crippen molar-refractivity contribution in [2.75, 3.05) is 18.8 Å². The van der Waals surface area contributed by atoms with Gasteiger partial charge in [-0.3, -0.25) is 14.9 Å². The molecule has 0 atom stereocenters. The van der Waals surface area contributed by atoms with Crippen LogP contribution in [-0.4, -0.2) is 38.8 Å². The Kier molecular flexibility index (Phi) is 6.31. The van der Waals surface area contributed by atoms with Crippen molar-refractivity contribution < 1.29 is 9.72 Å². The Labute approximate surface area is 165 Å². The zero-order valence-electron chi connectivity index (χ0n) is 14.3. The van der Waals surface area contributed by atoms with E-state index in [4.69, 9.17) is 11.6 Å². The molecule has 140 valence electrons. The molecule has 1 aromatic heterocycles.